The fourth-order valence-electron chi connectivity index (χ4n) is 9.61. The van der Waals surface area contributed by atoms with Gasteiger partial charge in [0.05, 0.1) is 17.0 Å². The van der Waals surface area contributed by atoms with Crippen molar-refractivity contribution in [1.82, 2.24) is 30.4 Å². The molecule has 1 unspecified atom stereocenters. The van der Waals surface area contributed by atoms with Crippen molar-refractivity contribution in [3.8, 4) is 11.4 Å². The van der Waals surface area contributed by atoms with E-state index in [0.29, 0.717) is 42.3 Å². The number of anilines is 2. The van der Waals surface area contributed by atoms with E-state index < -0.39 is 11.3 Å². The number of benzene rings is 1. The molecular formula is C41H48F2N8O3. The maximum absolute atomic E-state index is 15.0. The van der Waals surface area contributed by atoms with Gasteiger partial charge >= 0.3 is 0 Å². The van der Waals surface area contributed by atoms with E-state index >= 15 is 8.78 Å². The number of imide groups is 1. The summed E-state index contributed by atoms with van der Waals surface area (Å²) >= 11 is 0. The van der Waals surface area contributed by atoms with Gasteiger partial charge in [0.25, 0.3) is 5.92 Å². The zero-order valence-corrected chi connectivity index (χ0v) is 31.0. The monoisotopic (exact) mass is 738 g/mol. The number of carbonyl (C=O) groups is 3. The van der Waals surface area contributed by atoms with Crippen LogP contribution in [0.25, 0.3) is 22.3 Å². The Morgan fingerprint density at radius 2 is 1.69 bits per heavy atom. The van der Waals surface area contributed by atoms with Gasteiger partial charge in [0.1, 0.15) is 11.5 Å². The topological polar surface area (TPSA) is 130 Å². The predicted octanol–water partition coefficient (Wildman–Crippen LogP) is 5.97. The number of pyridine rings is 1. The SMILES string of the molecule is CC1(C)Cc2[nH]nc(-c3cc4ccc(N5CCC6(CCN(CC7CCN(c8ccc(C9CCC(=O)NC9=O)cn8)CC7)CC6)C5=O)cc4[nH]3)c2CC1(F)F. The highest BCUT2D eigenvalue weighted by Crippen LogP contribution is 2.48. The molecule has 1 atom stereocenters. The van der Waals surface area contributed by atoms with Gasteiger partial charge in [0.15, 0.2) is 0 Å². The van der Waals surface area contributed by atoms with Gasteiger partial charge in [0, 0.05) is 84.9 Å². The van der Waals surface area contributed by atoms with Gasteiger partial charge in [-0.2, -0.15) is 5.10 Å². The summed E-state index contributed by atoms with van der Waals surface area (Å²) in [5.41, 5.74) is 3.72. The predicted molar refractivity (Wildman–Crippen MR) is 201 cm³/mol. The Morgan fingerprint density at radius 1 is 0.907 bits per heavy atom. The molecule has 4 aliphatic heterocycles. The van der Waals surface area contributed by atoms with Crippen molar-refractivity contribution in [2.45, 2.75) is 83.5 Å². The van der Waals surface area contributed by atoms with Crippen molar-refractivity contribution in [2.24, 2.45) is 16.7 Å². The molecule has 4 fully saturated rings. The number of rotatable bonds is 6. The fraction of sp³-hybridized carbons (Fsp3) is 0.537. The van der Waals surface area contributed by atoms with Crippen molar-refractivity contribution in [3.05, 3.63) is 59.4 Å². The van der Waals surface area contributed by atoms with Gasteiger partial charge in [-0.3, -0.25) is 24.8 Å². The molecule has 9 rings (SSSR count). The average Bonchev–Trinajstić information content (AvgIpc) is 3.84. The lowest BCUT2D eigenvalue weighted by atomic mass is 9.73. The Labute approximate surface area is 313 Å². The van der Waals surface area contributed by atoms with Crippen LogP contribution in [0, 0.1) is 16.7 Å². The number of aromatic amines is 2. The van der Waals surface area contributed by atoms with Crippen LogP contribution in [-0.2, 0) is 27.2 Å². The summed E-state index contributed by atoms with van der Waals surface area (Å²) in [7, 11) is 0. The number of carbonyl (C=O) groups excluding carboxylic acids is 3. The van der Waals surface area contributed by atoms with E-state index in [1.807, 2.05) is 41.3 Å². The maximum atomic E-state index is 15.0. The molecule has 0 bridgehead atoms. The summed E-state index contributed by atoms with van der Waals surface area (Å²) in [6.07, 6.45) is 7.32. The lowest BCUT2D eigenvalue weighted by Gasteiger charge is -2.41. The van der Waals surface area contributed by atoms with Crippen LogP contribution in [0.15, 0.2) is 42.6 Å². The summed E-state index contributed by atoms with van der Waals surface area (Å²) in [6.45, 7) is 8.67. The Bertz CT molecular complexity index is 2110. The van der Waals surface area contributed by atoms with E-state index in [1.54, 1.807) is 20.0 Å². The smallest absolute Gasteiger partial charge is 0.257 e. The van der Waals surface area contributed by atoms with Crippen LogP contribution >= 0.6 is 0 Å². The summed E-state index contributed by atoms with van der Waals surface area (Å²) in [5.74, 6) is -1.85. The van der Waals surface area contributed by atoms with Crippen molar-refractivity contribution >= 4 is 40.1 Å². The first-order valence-electron chi connectivity index (χ1n) is 19.5. The number of fused-ring (bicyclic) bond motifs is 2. The highest BCUT2D eigenvalue weighted by Gasteiger charge is 2.52. The molecule has 0 radical (unpaired) electrons. The molecule has 1 aromatic carbocycles. The van der Waals surface area contributed by atoms with Gasteiger partial charge in [-0.25, -0.2) is 13.8 Å². The number of hydrogen-bond donors (Lipinski definition) is 3. The summed E-state index contributed by atoms with van der Waals surface area (Å²) in [4.78, 5) is 52.8. The highest BCUT2D eigenvalue weighted by molar-refractivity contribution is 6.02. The fourth-order valence-corrected chi connectivity index (χ4v) is 9.61. The molecule has 5 aliphatic rings. The molecule has 1 spiro atoms. The number of halogens is 2. The third-order valence-corrected chi connectivity index (χ3v) is 13.3. The lowest BCUT2D eigenvalue weighted by molar-refractivity contribution is -0.134. The molecule has 4 aromatic rings. The van der Waals surface area contributed by atoms with Crippen molar-refractivity contribution in [1.29, 1.82) is 0 Å². The van der Waals surface area contributed by atoms with Crippen LogP contribution in [0.3, 0.4) is 0 Å². The molecule has 4 saturated heterocycles. The molecule has 284 valence electrons. The third kappa shape index (κ3) is 6.08. The molecule has 7 heterocycles. The number of nitrogens with zero attached hydrogens (tertiary/aromatic N) is 5. The maximum Gasteiger partial charge on any atom is 0.257 e. The van der Waals surface area contributed by atoms with E-state index in [2.05, 4.69) is 35.3 Å². The number of hydrogen-bond acceptors (Lipinski definition) is 7. The van der Waals surface area contributed by atoms with Crippen molar-refractivity contribution in [2.75, 3.05) is 49.1 Å². The van der Waals surface area contributed by atoms with Crippen LogP contribution in [0.5, 0.6) is 0 Å². The van der Waals surface area contributed by atoms with Gasteiger partial charge < -0.3 is 19.7 Å². The molecule has 13 heteroatoms. The molecular weight excluding hydrogens is 691 g/mol. The Kier molecular flexibility index (Phi) is 8.44. The van der Waals surface area contributed by atoms with Crippen LogP contribution < -0.4 is 15.1 Å². The summed E-state index contributed by atoms with van der Waals surface area (Å²) in [5, 5.41) is 10.9. The molecule has 1 aliphatic carbocycles. The Balaban J connectivity index is 0.786. The number of likely N-dealkylation sites (tertiary alicyclic amines) is 1. The van der Waals surface area contributed by atoms with Crippen LogP contribution in [0.1, 0.15) is 81.5 Å². The first kappa shape index (κ1) is 35.1. The highest BCUT2D eigenvalue weighted by atomic mass is 19.3. The van der Waals surface area contributed by atoms with E-state index in [-0.39, 0.29) is 41.9 Å². The Hall–Kier alpha value is -4.65. The largest absolute Gasteiger partial charge is 0.357 e. The van der Waals surface area contributed by atoms with Crippen molar-refractivity contribution in [3.63, 3.8) is 0 Å². The minimum absolute atomic E-state index is 0.209. The molecule has 3 amide bonds. The van der Waals surface area contributed by atoms with Crippen molar-refractivity contribution < 1.29 is 23.2 Å². The van der Waals surface area contributed by atoms with Crippen LogP contribution in [0.2, 0.25) is 0 Å². The first-order valence-corrected chi connectivity index (χ1v) is 19.5. The second kappa shape index (κ2) is 13.0. The molecule has 54 heavy (non-hydrogen) atoms. The lowest BCUT2D eigenvalue weighted by Crippen LogP contribution is -2.47. The van der Waals surface area contributed by atoms with Gasteiger partial charge in [-0.15, -0.1) is 0 Å². The minimum Gasteiger partial charge on any atom is -0.357 e. The average molecular weight is 739 g/mol. The second-order valence-electron chi connectivity index (χ2n) is 17.1. The number of alkyl halides is 2. The Morgan fingerprint density at radius 3 is 2.43 bits per heavy atom. The number of piperidine rings is 3. The third-order valence-electron chi connectivity index (χ3n) is 13.3. The van der Waals surface area contributed by atoms with E-state index in [4.69, 9.17) is 0 Å². The molecule has 11 nitrogen and oxygen atoms in total. The number of aromatic nitrogens is 4. The normalized spacial score (nSPS) is 24.4. The molecule has 3 N–H and O–H groups in total. The van der Waals surface area contributed by atoms with Gasteiger partial charge in [-0.05, 0) is 87.4 Å². The first-order chi connectivity index (χ1) is 25.9. The van der Waals surface area contributed by atoms with Crippen LogP contribution in [-0.4, -0.2) is 88.0 Å². The van der Waals surface area contributed by atoms with Gasteiger partial charge in [-0.1, -0.05) is 26.0 Å². The van der Waals surface area contributed by atoms with E-state index in [0.717, 1.165) is 98.5 Å². The second-order valence-corrected chi connectivity index (χ2v) is 17.1. The molecule has 3 aromatic heterocycles. The van der Waals surface area contributed by atoms with E-state index in [9.17, 15) is 14.4 Å². The number of amides is 3. The quantitative estimate of drug-likeness (QED) is 0.208. The van der Waals surface area contributed by atoms with Crippen LogP contribution in [0.4, 0.5) is 20.3 Å². The molecule has 0 saturated carbocycles. The zero-order valence-electron chi connectivity index (χ0n) is 31.0. The van der Waals surface area contributed by atoms with E-state index in [1.165, 1.54) is 0 Å². The summed E-state index contributed by atoms with van der Waals surface area (Å²) in [6, 6.07) is 11.9. The number of H-pyrrole nitrogens is 2. The minimum atomic E-state index is -2.83. The zero-order chi connectivity index (χ0) is 37.4. The summed E-state index contributed by atoms with van der Waals surface area (Å²) < 4.78 is 30.0. The van der Waals surface area contributed by atoms with Gasteiger partial charge in [0.2, 0.25) is 17.7 Å². The number of nitrogens with one attached hydrogen (secondary N) is 3. The standard InChI is InChI=1S/C41H48F2N8O3/c1-39(2)22-33-30(21-41(39,42)43)36(48-47-33)32-19-26-3-5-28(20-31(26)45-32)51-18-13-40(38(51)54)11-16-49(17-12-40)24-25-9-14-50(15-10-25)34-7-4-27(23-44-34)29-6-8-35(52)46-37(29)53/h3-5,7,19-20,23,25,29,45H,6,8-18,21-22,24H2,1-2H3,(H,47,48)(H,46,52,53).